The highest BCUT2D eigenvalue weighted by atomic mass is 16.4. The largest absolute Gasteiger partial charge is 0.480 e. The summed E-state index contributed by atoms with van der Waals surface area (Å²) in [6.45, 7) is -0.301. The van der Waals surface area contributed by atoms with Crippen LogP contribution in [0, 0.1) is 5.92 Å². The van der Waals surface area contributed by atoms with Crippen LogP contribution in [0.4, 0.5) is 4.79 Å². The molecule has 1 aliphatic rings. The van der Waals surface area contributed by atoms with Gasteiger partial charge in [-0.1, -0.05) is 19.3 Å². The number of rotatable bonds is 6. The fourth-order valence-corrected chi connectivity index (χ4v) is 2.62. The molecule has 1 aliphatic carbocycles. The number of carbonyl (C=O) groups is 3. The van der Waals surface area contributed by atoms with E-state index in [9.17, 15) is 14.4 Å². The van der Waals surface area contributed by atoms with E-state index in [4.69, 9.17) is 10.8 Å². The Balaban J connectivity index is 2.56. The van der Waals surface area contributed by atoms with E-state index in [0.717, 1.165) is 17.7 Å². The molecule has 7 nitrogen and oxygen atoms in total. The number of carbonyl (C=O) groups excluding carboxylic acids is 2. The minimum absolute atomic E-state index is 0.375. The van der Waals surface area contributed by atoms with E-state index < -0.39 is 24.5 Å². The van der Waals surface area contributed by atoms with Gasteiger partial charge in [0.25, 0.3) is 0 Å². The van der Waals surface area contributed by atoms with E-state index in [-0.39, 0.29) is 6.54 Å². The molecular formula is C13H23N3O4. The molecule has 0 saturated heterocycles. The molecule has 0 bridgehead atoms. The summed E-state index contributed by atoms with van der Waals surface area (Å²) in [4.78, 5) is 36.3. The van der Waals surface area contributed by atoms with Gasteiger partial charge < -0.3 is 20.6 Å². The van der Waals surface area contributed by atoms with Crippen LogP contribution >= 0.6 is 0 Å². The Bertz CT molecular complexity index is 351. The molecule has 7 heteroatoms. The van der Waals surface area contributed by atoms with E-state index in [1.54, 1.807) is 7.05 Å². The maximum Gasteiger partial charge on any atom is 0.323 e. The number of nitrogens with zero attached hydrogens (tertiary/aromatic N) is 2. The molecule has 3 amide bonds. The molecule has 1 rings (SSSR count). The van der Waals surface area contributed by atoms with Crippen LogP contribution in [0.15, 0.2) is 0 Å². The number of primary amides is 1. The van der Waals surface area contributed by atoms with Gasteiger partial charge in [0.15, 0.2) is 0 Å². The Morgan fingerprint density at radius 3 is 2.25 bits per heavy atom. The molecular weight excluding hydrogens is 262 g/mol. The summed E-state index contributed by atoms with van der Waals surface area (Å²) in [5.74, 6) is -1.42. The molecule has 0 spiro atoms. The molecule has 0 aromatic rings. The van der Waals surface area contributed by atoms with E-state index in [1.165, 1.54) is 24.2 Å². The first-order chi connectivity index (χ1) is 9.40. The zero-order chi connectivity index (χ0) is 15.1. The second-order valence-electron chi connectivity index (χ2n) is 5.38. The van der Waals surface area contributed by atoms with Gasteiger partial charge in [-0.15, -0.1) is 0 Å². The number of hydrogen-bond donors (Lipinski definition) is 2. The lowest BCUT2D eigenvalue weighted by Gasteiger charge is -2.30. The quantitative estimate of drug-likeness (QED) is 0.741. The molecule has 0 heterocycles. The highest BCUT2D eigenvalue weighted by molar-refractivity contribution is 5.85. The Morgan fingerprint density at radius 2 is 1.75 bits per heavy atom. The van der Waals surface area contributed by atoms with Crippen LogP contribution in [0.25, 0.3) is 0 Å². The van der Waals surface area contributed by atoms with E-state index in [1.807, 2.05) is 0 Å². The predicted molar refractivity (Wildman–Crippen MR) is 73.0 cm³/mol. The molecule has 0 atom stereocenters. The summed E-state index contributed by atoms with van der Waals surface area (Å²) in [5.41, 5.74) is 5.05. The van der Waals surface area contributed by atoms with Gasteiger partial charge in [-0.2, -0.15) is 0 Å². The molecule has 1 fully saturated rings. The standard InChI is InChI=1S/C13H23N3O4/c1-15(7-10-5-3-2-4-6-10)13(20)16(8-11(14)17)9-12(18)19/h10H,2-9H2,1H3,(H2,14,17)(H,18,19). The van der Waals surface area contributed by atoms with Crippen molar-refractivity contribution in [2.45, 2.75) is 32.1 Å². The number of urea groups is 1. The van der Waals surface area contributed by atoms with Crippen LogP contribution in [-0.2, 0) is 9.59 Å². The molecule has 0 radical (unpaired) electrons. The Hall–Kier alpha value is -1.79. The molecule has 0 unspecified atom stereocenters. The van der Waals surface area contributed by atoms with Gasteiger partial charge in [-0.3, -0.25) is 9.59 Å². The monoisotopic (exact) mass is 285 g/mol. The van der Waals surface area contributed by atoms with Crippen molar-refractivity contribution in [2.24, 2.45) is 11.7 Å². The van der Waals surface area contributed by atoms with Crippen LogP contribution in [-0.4, -0.2) is 59.5 Å². The van der Waals surface area contributed by atoms with Gasteiger partial charge in [0.05, 0.1) is 0 Å². The lowest BCUT2D eigenvalue weighted by atomic mass is 9.89. The lowest BCUT2D eigenvalue weighted by molar-refractivity contribution is -0.138. The summed E-state index contributed by atoms with van der Waals surface area (Å²) < 4.78 is 0. The van der Waals surface area contributed by atoms with Crippen molar-refractivity contribution in [3.63, 3.8) is 0 Å². The highest BCUT2D eigenvalue weighted by Crippen LogP contribution is 2.24. The normalized spacial score (nSPS) is 15.7. The summed E-state index contributed by atoms with van der Waals surface area (Å²) in [5, 5.41) is 8.78. The van der Waals surface area contributed by atoms with E-state index in [0.29, 0.717) is 12.5 Å². The van der Waals surface area contributed by atoms with Crippen molar-refractivity contribution in [1.29, 1.82) is 0 Å². The van der Waals surface area contributed by atoms with Crippen molar-refractivity contribution in [3.8, 4) is 0 Å². The average Bonchev–Trinajstić information content (AvgIpc) is 2.37. The van der Waals surface area contributed by atoms with Gasteiger partial charge in [0.1, 0.15) is 13.1 Å². The van der Waals surface area contributed by atoms with Crippen LogP contribution in [0.1, 0.15) is 32.1 Å². The summed E-state index contributed by atoms with van der Waals surface area (Å²) >= 11 is 0. The first-order valence-electron chi connectivity index (χ1n) is 6.90. The summed E-state index contributed by atoms with van der Waals surface area (Å²) in [6, 6.07) is -0.461. The van der Waals surface area contributed by atoms with Gasteiger partial charge in [-0.05, 0) is 18.8 Å². The third-order valence-corrected chi connectivity index (χ3v) is 3.53. The average molecular weight is 285 g/mol. The second-order valence-corrected chi connectivity index (χ2v) is 5.38. The molecule has 0 aromatic heterocycles. The number of carboxylic acid groups (broad SMARTS) is 1. The summed E-state index contributed by atoms with van der Waals surface area (Å²) in [6.07, 6.45) is 5.76. The number of hydrogen-bond acceptors (Lipinski definition) is 3. The van der Waals surface area contributed by atoms with Crippen LogP contribution in [0.3, 0.4) is 0 Å². The Morgan fingerprint density at radius 1 is 1.15 bits per heavy atom. The Labute approximate surface area is 118 Å². The number of amides is 3. The van der Waals surface area contributed by atoms with Gasteiger partial charge in [0.2, 0.25) is 5.91 Å². The molecule has 114 valence electrons. The zero-order valence-electron chi connectivity index (χ0n) is 11.9. The molecule has 1 saturated carbocycles. The second kappa shape index (κ2) is 7.72. The highest BCUT2D eigenvalue weighted by Gasteiger charge is 2.24. The van der Waals surface area contributed by atoms with Gasteiger partial charge in [0, 0.05) is 13.6 Å². The van der Waals surface area contributed by atoms with Crippen molar-refractivity contribution < 1.29 is 19.5 Å². The number of carboxylic acids is 1. The van der Waals surface area contributed by atoms with Crippen molar-refractivity contribution >= 4 is 17.9 Å². The number of aliphatic carboxylic acids is 1. The van der Waals surface area contributed by atoms with E-state index >= 15 is 0 Å². The van der Waals surface area contributed by atoms with Crippen LogP contribution < -0.4 is 5.73 Å². The maximum absolute atomic E-state index is 12.2. The van der Waals surface area contributed by atoms with Crippen molar-refractivity contribution in [3.05, 3.63) is 0 Å². The topological polar surface area (TPSA) is 104 Å². The number of nitrogens with two attached hydrogens (primary N) is 1. The van der Waals surface area contributed by atoms with Crippen LogP contribution in [0.2, 0.25) is 0 Å². The third kappa shape index (κ3) is 5.46. The zero-order valence-corrected chi connectivity index (χ0v) is 11.9. The minimum Gasteiger partial charge on any atom is -0.480 e. The lowest BCUT2D eigenvalue weighted by Crippen LogP contribution is -2.48. The molecule has 3 N–H and O–H groups in total. The van der Waals surface area contributed by atoms with Crippen molar-refractivity contribution in [1.82, 2.24) is 9.80 Å². The maximum atomic E-state index is 12.2. The smallest absolute Gasteiger partial charge is 0.323 e. The fourth-order valence-electron chi connectivity index (χ4n) is 2.62. The minimum atomic E-state index is -1.16. The predicted octanol–water partition coefficient (Wildman–Crippen LogP) is 0.490. The van der Waals surface area contributed by atoms with Crippen molar-refractivity contribution in [2.75, 3.05) is 26.7 Å². The molecule has 0 aliphatic heterocycles. The Kier molecular flexibility index (Phi) is 6.27. The fraction of sp³-hybridized carbons (Fsp3) is 0.769. The van der Waals surface area contributed by atoms with Crippen LogP contribution in [0.5, 0.6) is 0 Å². The van der Waals surface area contributed by atoms with Gasteiger partial charge in [-0.25, -0.2) is 4.79 Å². The third-order valence-electron chi connectivity index (χ3n) is 3.53. The van der Waals surface area contributed by atoms with E-state index in [2.05, 4.69) is 0 Å². The molecule has 0 aromatic carbocycles. The molecule has 20 heavy (non-hydrogen) atoms. The first-order valence-corrected chi connectivity index (χ1v) is 6.90. The SMILES string of the molecule is CN(CC1CCCCC1)C(=O)N(CC(N)=O)CC(=O)O. The summed E-state index contributed by atoms with van der Waals surface area (Å²) in [7, 11) is 1.63. The van der Waals surface area contributed by atoms with Gasteiger partial charge >= 0.3 is 12.0 Å². The first kappa shape index (κ1) is 16.3.